The Bertz CT molecular complexity index is 878. The van der Waals surface area contributed by atoms with Crippen LogP contribution in [-0.4, -0.2) is 44.9 Å². The van der Waals surface area contributed by atoms with Crippen LogP contribution in [0.5, 0.6) is 0 Å². The van der Waals surface area contributed by atoms with Crippen LogP contribution in [0, 0.1) is 0 Å². The van der Waals surface area contributed by atoms with E-state index in [0.29, 0.717) is 13.2 Å². The first kappa shape index (κ1) is 17.2. The minimum absolute atomic E-state index is 0.222. The lowest BCUT2D eigenvalue weighted by atomic mass is 9.92. The van der Waals surface area contributed by atoms with Gasteiger partial charge in [-0.15, -0.1) is 10.2 Å². The fourth-order valence-electron chi connectivity index (χ4n) is 3.41. The number of sulfonamides is 1. The Balaban J connectivity index is 1.50. The topological polar surface area (TPSA) is 84.4 Å². The van der Waals surface area contributed by atoms with E-state index in [2.05, 4.69) is 19.8 Å². The first-order chi connectivity index (χ1) is 12.6. The molecule has 1 aromatic carbocycles. The Hall–Kier alpha value is -2.19. The molecule has 1 aliphatic carbocycles. The zero-order chi connectivity index (χ0) is 18.0. The van der Waals surface area contributed by atoms with Gasteiger partial charge in [-0.25, -0.2) is 8.42 Å². The van der Waals surface area contributed by atoms with E-state index in [1.165, 1.54) is 12.0 Å². The quantitative estimate of drug-likeness (QED) is 0.881. The molecular formula is C18H22N4O3S. The summed E-state index contributed by atoms with van der Waals surface area (Å²) < 4.78 is 33.2. The SMILES string of the molecule is O=S(=O)(Nc1ccc(N2CCOCC2)nn1)c1ccc2c(c1)CCCC2. The first-order valence-electron chi connectivity index (χ1n) is 8.93. The molecule has 0 unspecified atom stereocenters. The van der Waals surface area contributed by atoms with Crippen LogP contribution in [0.25, 0.3) is 0 Å². The summed E-state index contributed by atoms with van der Waals surface area (Å²) in [6.07, 6.45) is 4.24. The van der Waals surface area contributed by atoms with Crippen molar-refractivity contribution in [1.29, 1.82) is 0 Å². The molecule has 2 heterocycles. The van der Waals surface area contributed by atoms with Gasteiger partial charge in [-0.3, -0.25) is 4.72 Å². The van der Waals surface area contributed by atoms with Gasteiger partial charge in [-0.1, -0.05) is 6.07 Å². The van der Waals surface area contributed by atoms with Crippen molar-refractivity contribution in [2.24, 2.45) is 0 Å². The second-order valence-electron chi connectivity index (χ2n) is 6.62. The Kier molecular flexibility index (Phi) is 4.78. The summed E-state index contributed by atoms with van der Waals surface area (Å²) in [6, 6.07) is 8.81. The fourth-order valence-corrected chi connectivity index (χ4v) is 4.46. The van der Waals surface area contributed by atoms with Gasteiger partial charge in [0, 0.05) is 13.1 Å². The van der Waals surface area contributed by atoms with Crippen LogP contribution >= 0.6 is 0 Å². The largest absolute Gasteiger partial charge is 0.378 e. The molecule has 138 valence electrons. The summed E-state index contributed by atoms with van der Waals surface area (Å²) in [4.78, 5) is 2.34. The third-order valence-electron chi connectivity index (χ3n) is 4.85. The molecule has 0 amide bonds. The number of nitrogens with zero attached hydrogens (tertiary/aromatic N) is 3. The molecule has 26 heavy (non-hydrogen) atoms. The van der Waals surface area contributed by atoms with Gasteiger partial charge in [0.2, 0.25) is 0 Å². The number of morpholine rings is 1. The predicted octanol–water partition coefficient (Wildman–Crippen LogP) is 1.99. The lowest BCUT2D eigenvalue weighted by Crippen LogP contribution is -2.36. The summed E-state index contributed by atoms with van der Waals surface area (Å²) >= 11 is 0. The third kappa shape index (κ3) is 3.66. The van der Waals surface area contributed by atoms with Crippen molar-refractivity contribution < 1.29 is 13.2 Å². The van der Waals surface area contributed by atoms with Crippen LogP contribution in [0.1, 0.15) is 24.0 Å². The highest BCUT2D eigenvalue weighted by Crippen LogP contribution is 2.25. The molecule has 0 spiro atoms. The van der Waals surface area contributed by atoms with Gasteiger partial charge >= 0.3 is 0 Å². The summed E-state index contributed by atoms with van der Waals surface area (Å²) in [7, 11) is -3.67. The highest BCUT2D eigenvalue weighted by Gasteiger charge is 2.19. The number of aryl methyl sites for hydroxylation is 2. The number of aromatic nitrogens is 2. The minimum atomic E-state index is -3.67. The zero-order valence-electron chi connectivity index (χ0n) is 14.5. The number of nitrogens with one attached hydrogen (secondary N) is 1. The van der Waals surface area contributed by atoms with Crippen LogP contribution in [0.3, 0.4) is 0 Å². The van der Waals surface area contributed by atoms with E-state index in [1.54, 1.807) is 24.3 Å². The summed E-state index contributed by atoms with van der Waals surface area (Å²) in [6.45, 7) is 2.84. The zero-order valence-corrected chi connectivity index (χ0v) is 15.3. The van der Waals surface area contributed by atoms with E-state index in [-0.39, 0.29) is 10.7 Å². The van der Waals surface area contributed by atoms with Crippen molar-refractivity contribution in [1.82, 2.24) is 10.2 Å². The second-order valence-corrected chi connectivity index (χ2v) is 8.30. The number of hydrogen-bond acceptors (Lipinski definition) is 6. The molecular weight excluding hydrogens is 352 g/mol. The molecule has 7 nitrogen and oxygen atoms in total. The van der Waals surface area contributed by atoms with E-state index < -0.39 is 10.0 Å². The Labute approximate surface area is 153 Å². The molecule has 1 aliphatic heterocycles. The second kappa shape index (κ2) is 7.20. The minimum Gasteiger partial charge on any atom is -0.378 e. The van der Waals surface area contributed by atoms with Gasteiger partial charge in [-0.2, -0.15) is 0 Å². The number of anilines is 2. The molecule has 0 atom stereocenters. The van der Waals surface area contributed by atoms with Gasteiger partial charge in [0.1, 0.15) is 0 Å². The van der Waals surface area contributed by atoms with Gasteiger partial charge < -0.3 is 9.64 Å². The van der Waals surface area contributed by atoms with E-state index >= 15 is 0 Å². The van der Waals surface area contributed by atoms with Crippen molar-refractivity contribution in [2.45, 2.75) is 30.6 Å². The van der Waals surface area contributed by atoms with Crippen LogP contribution in [0.2, 0.25) is 0 Å². The van der Waals surface area contributed by atoms with E-state index in [0.717, 1.165) is 43.7 Å². The average Bonchev–Trinajstić information content (AvgIpc) is 2.68. The van der Waals surface area contributed by atoms with Crippen LogP contribution in [0.4, 0.5) is 11.6 Å². The molecule has 1 N–H and O–H groups in total. The van der Waals surface area contributed by atoms with Crippen LogP contribution in [0.15, 0.2) is 35.2 Å². The fraction of sp³-hybridized carbons (Fsp3) is 0.444. The smallest absolute Gasteiger partial charge is 0.263 e. The molecule has 2 aliphatic rings. The maximum absolute atomic E-state index is 12.7. The standard InChI is InChI=1S/C18H22N4O3S/c23-26(24,16-6-5-14-3-1-2-4-15(14)13-16)21-17-7-8-18(20-19-17)22-9-11-25-12-10-22/h5-8,13H,1-4,9-12H2,(H,19,21). The lowest BCUT2D eigenvalue weighted by Gasteiger charge is -2.27. The number of ether oxygens (including phenoxy) is 1. The molecule has 1 saturated heterocycles. The normalized spacial score (nSPS) is 17.6. The molecule has 1 fully saturated rings. The van der Waals surface area contributed by atoms with Crippen LogP contribution in [-0.2, 0) is 27.6 Å². The Morgan fingerprint density at radius 1 is 0.962 bits per heavy atom. The highest BCUT2D eigenvalue weighted by molar-refractivity contribution is 7.92. The van der Waals surface area contributed by atoms with Crippen LogP contribution < -0.4 is 9.62 Å². The van der Waals surface area contributed by atoms with Gasteiger partial charge in [0.05, 0.1) is 18.1 Å². The van der Waals surface area contributed by atoms with Crippen molar-refractivity contribution >= 4 is 21.7 Å². The average molecular weight is 374 g/mol. The maximum atomic E-state index is 12.7. The van der Waals surface area contributed by atoms with Gasteiger partial charge in [0.25, 0.3) is 10.0 Å². The van der Waals surface area contributed by atoms with Crippen molar-refractivity contribution in [3.8, 4) is 0 Å². The molecule has 0 bridgehead atoms. The van der Waals surface area contributed by atoms with Gasteiger partial charge in [-0.05, 0) is 61.1 Å². The molecule has 0 saturated carbocycles. The first-order valence-corrected chi connectivity index (χ1v) is 10.4. The maximum Gasteiger partial charge on any atom is 0.263 e. The van der Waals surface area contributed by atoms with E-state index in [9.17, 15) is 8.42 Å². The summed E-state index contributed by atoms with van der Waals surface area (Å²) in [5.41, 5.74) is 2.39. The predicted molar refractivity (Wildman–Crippen MR) is 99.0 cm³/mol. The summed E-state index contributed by atoms with van der Waals surface area (Å²) in [5.74, 6) is 0.949. The van der Waals surface area contributed by atoms with Crippen molar-refractivity contribution in [3.63, 3.8) is 0 Å². The Morgan fingerprint density at radius 2 is 1.73 bits per heavy atom. The lowest BCUT2D eigenvalue weighted by molar-refractivity contribution is 0.122. The molecule has 8 heteroatoms. The number of rotatable bonds is 4. The number of benzene rings is 1. The van der Waals surface area contributed by atoms with E-state index in [4.69, 9.17) is 4.74 Å². The number of fused-ring (bicyclic) bond motifs is 1. The molecule has 0 radical (unpaired) electrons. The molecule has 2 aromatic rings. The number of hydrogen-bond donors (Lipinski definition) is 1. The van der Waals surface area contributed by atoms with Crippen molar-refractivity contribution in [3.05, 3.63) is 41.5 Å². The van der Waals surface area contributed by atoms with Gasteiger partial charge in [0.15, 0.2) is 11.6 Å². The van der Waals surface area contributed by atoms with E-state index in [1.807, 2.05) is 6.07 Å². The third-order valence-corrected chi connectivity index (χ3v) is 6.21. The highest BCUT2D eigenvalue weighted by atomic mass is 32.2. The monoisotopic (exact) mass is 374 g/mol. The molecule has 4 rings (SSSR count). The summed E-state index contributed by atoms with van der Waals surface area (Å²) in [5, 5.41) is 8.17. The molecule has 1 aromatic heterocycles. The Morgan fingerprint density at radius 3 is 2.46 bits per heavy atom. The van der Waals surface area contributed by atoms with Crippen molar-refractivity contribution in [2.75, 3.05) is 35.9 Å².